The predicted octanol–water partition coefficient (Wildman–Crippen LogP) is 3.87. The van der Waals surface area contributed by atoms with Gasteiger partial charge in [-0.2, -0.15) is 0 Å². The Morgan fingerprint density at radius 2 is 2.10 bits per heavy atom. The Labute approximate surface area is 129 Å². The molecule has 0 saturated carbocycles. The maximum atomic E-state index is 13.7. The van der Waals surface area contributed by atoms with Crippen LogP contribution in [-0.4, -0.2) is 18.2 Å². The van der Waals surface area contributed by atoms with Gasteiger partial charge in [0.25, 0.3) is 0 Å². The van der Waals surface area contributed by atoms with Gasteiger partial charge in [-0.05, 0) is 46.3 Å². The molecule has 110 valence electrons. The lowest BCUT2D eigenvalue weighted by atomic mass is 10.1. The third kappa shape index (κ3) is 3.52. The van der Waals surface area contributed by atoms with E-state index in [1.807, 2.05) is 0 Å². The van der Waals surface area contributed by atoms with Crippen LogP contribution in [0.5, 0.6) is 11.5 Å². The van der Waals surface area contributed by atoms with Crippen molar-refractivity contribution in [1.82, 2.24) is 0 Å². The minimum Gasteiger partial charge on any atom is -0.493 e. The van der Waals surface area contributed by atoms with Gasteiger partial charge in [0.1, 0.15) is 12.4 Å². The Hall–Kier alpha value is -2.08. The first-order valence-corrected chi connectivity index (χ1v) is 6.79. The van der Waals surface area contributed by atoms with Crippen molar-refractivity contribution in [3.8, 4) is 11.5 Å². The average molecular weight is 355 g/mol. The number of ether oxygens (including phenoxy) is 2. The van der Waals surface area contributed by atoms with Gasteiger partial charge in [0, 0.05) is 5.56 Å². The molecule has 0 radical (unpaired) electrons. The Kier molecular flexibility index (Phi) is 4.80. The molecule has 0 aliphatic heterocycles. The molecule has 0 aliphatic carbocycles. The standard InChI is InChI=1S/C15H12BrFO4/c1-20-13-4-2-3-11(16)14(13)21-8-10-7-9(15(18)19)5-6-12(10)17/h2-7H,8H2,1H3,(H,18,19). The van der Waals surface area contributed by atoms with E-state index < -0.39 is 11.8 Å². The number of hydrogen-bond acceptors (Lipinski definition) is 3. The summed E-state index contributed by atoms with van der Waals surface area (Å²) in [4.78, 5) is 10.9. The van der Waals surface area contributed by atoms with E-state index in [1.54, 1.807) is 18.2 Å². The fourth-order valence-corrected chi connectivity index (χ4v) is 2.22. The highest BCUT2D eigenvalue weighted by Crippen LogP contribution is 2.35. The Balaban J connectivity index is 2.24. The molecule has 0 atom stereocenters. The van der Waals surface area contributed by atoms with E-state index in [2.05, 4.69) is 15.9 Å². The molecule has 0 aliphatic rings. The Bertz CT molecular complexity index is 673. The van der Waals surface area contributed by atoms with Crippen LogP contribution in [-0.2, 0) is 6.61 Å². The van der Waals surface area contributed by atoms with Crippen LogP contribution in [0.15, 0.2) is 40.9 Å². The molecular weight excluding hydrogens is 343 g/mol. The molecule has 0 aromatic heterocycles. The predicted molar refractivity (Wildman–Crippen MR) is 78.4 cm³/mol. The number of aromatic carboxylic acids is 1. The number of halogens is 2. The summed E-state index contributed by atoms with van der Waals surface area (Å²) >= 11 is 3.32. The first kappa shape index (κ1) is 15.3. The van der Waals surface area contributed by atoms with E-state index in [9.17, 15) is 9.18 Å². The largest absolute Gasteiger partial charge is 0.493 e. The summed E-state index contributed by atoms with van der Waals surface area (Å²) in [6.45, 7) is -0.105. The molecule has 0 unspecified atom stereocenters. The summed E-state index contributed by atoms with van der Waals surface area (Å²) in [6, 6.07) is 8.83. The van der Waals surface area contributed by atoms with Gasteiger partial charge in [-0.3, -0.25) is 0 Å². The quantitative estimate of drug-likeness (QED) is 0.885. The maximum absolute atomic E-state index is 13.7. The molecule has 0 amide bonds. The summed E-state index contributed by atoms with van der Waals surface area (Å²) in [7, 11) is 1.50. The van der Waals surface area contributed by atoms with Crippen molar-refractivity contribution in [3.05, 3.63) is 57.8 Å². The molecule has 0 bridgehead atoms. The summed E-state index contributed by atoms with van der Waals surface area (Å²) in [5.41, 5.74) is 0.168. The zero-order valence-corrected chi connectivity index (χ0v) is 12.7. The molecule has 0 fully saturated rings. The molecular formula is C15H12BrFO4. The second-order valence-electron chi connectivity index (χ2n) is 4.17. The minimum atomic E-state index is -1.12. The zero-order chi connectivity index (χ0) is 15.4. The molecule has 6 heteroatoms. The first-order valence-electron chi connectivity index (χ1n) is 6.00. The number of methoxy groups -OCH3 is 1. The fourth-order valence-electron chi connectivity index (χ4n) is 1.76. The molecule has 4 nitrogen and oxygen atoms in total. The van der Waals surface area contributed by atoms with Gasteiger partial charge in [-0.25, -0.2) is 9.18 Å². The lowest BCUT2D eigenvalue weighted by molar-refractivity contribution is 0.0696. The van der Waals surface area contributed by atoms with Crippen LogP contribution in [0.1, 0.15) is 15.9 Å². The van der Waals surface area contributed by atoms with E-state index in [-0.39, 0.29) is 17.7 Å². The summed E-state index contributed by atoms with van der Waals surface area (Å²) in [6.07, 6.45) is 0. The number of benzene rings is 2. The van der Waals surface area contributed by atoms with Crippen molar-refractivity contribution in [2.75, 3.05) is 7.11 Å². The molecule has 21 heavy (non-hydrogen) atoms. The van der Waals surface area contributed by atoms with Crippen molar-refractivity contribution in [2.24, 2.45) is 0 Å². The monoisotopic (exact) mass is 354 g/mol. The minimum absolute atomic E-state index is 0.00842. The Morgan fingerprint density at radius 3 is 2.76 bits per heavy atom. The van der Waals surface area contributed by atoms with E-state index in [0.29, 0.717) is 16.0 Å². The highest BCUT2D eigenvalue weighted by Gasteiger charge is 2.12. The van der Waals surface area contributed by atoms with Crippen molar-refractivity contribution in [2.45, 2.75) is 6.61 Å². The van der Waals surface area contributed by atoms with Crippen molar-refractivity contribution >= 4 is 21.9 Å². The van der Waals surface area contributed by atoms with Crippen LogP contribution < -0.4 is 9.47 Å². The summed E-state index contributed by atoms with van der Waals surface area (Å²) < 4.78 is 25.1. The SMILES string of the molecule is COc1cccc(Br)c1OCc1cc(C(=O)O)ccc1F. The molecule has 1 N–H and O–H groups in total. The van der Waals surface area contributed by atoms with Gasteiger partial charge >= 0.3 is 5.97 Å². The summed E-state index contributed by atoms with van der Waals surface area (Å²) in [5, 5.41) is 8.92. The van der Waals surface area contributed by atoms with Crippen LogP contribution >= 0.6 is 15.9 Å². The highest BCUT2D eigenvalue weighted by atomic mass is 79.9. The number of carboxylic acid groups (broad SMARTS) is 1. The van der Waals surface area contributed by atoms with Gasteiger partial charge in [0.15, 0.2) is 11.5 Å². The number of hydrogen-bond donors (Lipinski definition) is 1. The topological polar surface area (TPSA) is 55.8 Å². The van der Waals surface area contributed by atoms with E-state index in [4.69, 9.17) is 14.6 Å². The van der Waals surface area contributed by atoms with Crippen LogP contribution in [0.3, 0.4) is 0 Å². The first-order chi connectivity index (χ1) is 10.0. The van der Waals surface area contributed by atoms with Crippen molar-refractivity contribution in [1.29, 1.82) is 0 Å². The molecule has 2 aromatic rings. The maximum Gasteiger partial charge on any atom is 0.335 e. The second kappa shape index (κ2) is 6.58. The van der Waals surface area contributed by atoms with Gasteiger partial charge < -0.3 is 14.6 Å². The van der Waals surface area contributed by atoms with E-state index in [0.717, 1.165) is 6.07 Å². The highest BCUT2D eigenvalue weighted by molar-refractivity contribution is 9.10. The van der Waals surface area contributed by atoms with Crippen LogP contribution in [0.25, 0.3) is 0 Å². The zero-order valence-electron chi connectivity index (χ0n) is 11.1. The smallest absolute Gasteiger partial charge is 0.335 e. The second-order valence-corrected chi connectivity index (χ2v) is 5.03. The fraction of sp³-hybridized carbons (Fsp3) is 0.133. The van der Waals surface area contributed by atoms with E-state index in [1.165, 1.54) is 19.2 Å². The van der Waals surface area contributed by atoms with Crippen molar-refractivity contribution in [3.63, 3.8) is 0 Å². The van der Waals surface area contributed by atoms with Crippen LogP contribution in [0.2, 0.25) is 0 Å². The Morgan fingerprint density at radius 1 is 1.33 bits per heavy atom. The lowest BCUT2D eigenvalue weighted by Gasteiger charge is -2.13. The van der Waals surface area contributed by atoms with Gasteiger partial charge in [0.2, 0.25) is 0 Å². The molecule has 0 saturated heterocycles. The number of para-hydroxylation sites is 1. The lowest BCUT2D eigenvalue weighted by Crippen LogP contribution is -2.04. The van der Waals surface area contributed by atoms with Crippen LogP contribution in [0, 0.1) is 5.82 Å². The normalized spacial score (nSPS) is 10.2. The summed E-state index contributed by atoms with van der Waals surface area (Å²) in [5.74, 6) is -0.708. The molecule has 2 aromatic carbocycles. The van der Waals surface area contributed by atoms with Gasteiger partial charge in [0.05, 0.1) is 17.1 Å². The van der Waals surface area contributed by atoms with E-state index >= 15 is 0 Å². The number of rotatable bonds is 5. The average Bonchev–Trinajstić information content (AvgIpc) is 2.47. The number of carboxylic acids is 1. The molecule has 0 spiro atoms. The molecule has 0 heterocycles. The number of carbonyl (C=O) groups is 1. The third-order valence-corrected chi connectivity index (χ3v) is 3.44. The van der Waals surface area contributed by atoms with Gasteiger partial charge in [-0.1, -0.05) is 6.07 Å². The third-order valence-electron chi connectivity index (χ3n) is 2.82. The van der Waals surface area contributed by atoms with Gasteiger partial charge in [-0.15, -0.1) is 0 Å². The molecule has 2 rings (SSSR count). The van der Waals surface area contributed by atoms with Crippen LogP contribution in [0.4, 0.5) is 4.39 Å². The van der Waals surface area contributed by atoms with Crippen molar-refractivity contribution < 1.29 is 23.8 Å².